The van der Waals surface area contributed by atoms with E-state index < -0.39 is 0 Å². The standard InChI is InChI=1S/C25H40N2O/c1-22(21-25(2,3)4)20-24(28)27(19-18-26-15-9-6-10-16-26)17-11-14-23-12-7-5-8-13-23/h5,7-8,11-14,22H,6,9-10,15-21H2,1-4H3. The highest BCUT2D eigenvalue weighted by atomic mass is 16.2. The van der Waals surface area contributed by atoms with Gasteiger partial charge in [0, 0.05) is 26.1 Å². The number of amides is 1. The fraction of sp³-hybridized carbons (Fsp3) is 0.640. The van der Waals surface area contributed by atoms with E-state index in [1.54, 1.807) is 0 Å². The van der Waals surface area contributed by atoms with Gasteiger partial charge in [0.2, 0.25) is 5.91 Å². The van der Waals surface area contributed by atoms with Gasteiger partial charge < -0.3 is 9.80 Å². The molecule has 3 nitrogen and oxygen atoms in total. The van der Waals surface area contributed by atoms with Gasteiger partial charge in [-0.15, -0.1) is 0 Å². The number of benzene rings is 1. The van der Waals surface area contributed by atoms with Crippen LogP contribution in [-0.2, 0) is 4.79 Å². The van der Waals surface area contributed by atoms with Crippen LogP contribution in [0, 0.1) is 11.3 Å². The molecule has 1 aromatic rings. The lowest BCUT2D eigenvalue weighted by molar-refractivity contribution is -0.132. The van der Waals surface area contributed by atoms with Crippen LogP contribution in [0.25, 0.3) is 6.08 Å². The molecule has 0 N–H and O–H groups in total. The second kappa shape index (κ2) is 11.4. The van der Waals surface area contributed by atoms with Gasteiger partial charge in [-0.1, -0.05) is 76.6 Å². The van der Waals surface area contributed by atoms with Crippen LogP contribution >= 0.6 is 0 Å². The van der Waals surface area contributed by atoms with Crippen molar-refractivity contribution < 1.29 is 4.79 Å². The fourth-order valence-corrected chi connectivity index (χ4v) is 4.19. The van der Waals surface area contributed by atoms with E-state index in [2.05, 4.69) is 61.8 Å². The van der Waals surface area contributed by atoms with Crippen LogP contribution in [0.2, 0.25) is 0 Å². The molecule has 1 heterocycles. The minimum atomic E-state index is 0.269. The molecule has 1 aliphatic rings. The first-order valence-electron chi connectivity index (χ1n) is 11.1. The topological polar surface area (TPSA) is 23.6 Å². The Morgan fingerprint density at radius 3 is 2.46 bits per heavy atom. The zero-order valence-corrected chi connectivity index (χ0v) is 18.5. The number of hydrogen-bond donors (Lipinski definition) is 0. The summed E-state index contributed by atoms with van der Waals surface area (Å²) in [5.41, 5.74) is 1.46. The van der Waals surface area contributed by atoms with Crippen LogP contribution in [0.5, 0.6) is 0 Å². The van der Waals surface area contributed by atoms with Crippen LogP contribution in [0.15, 0.2) is 36.4 Å². The van der Waals surface area contributed by atoms with Crippen molar-refractivity contribution in [1.82, 2.24) is 9.80 Å². The maximum atomic E-state index is 13.0. The molecule has 0 radical (unpaired) electrons. The third-order valence-corrected chi connectivity index (χ3v) is 5.41. The summed E-state index contributed by atoms with van der Waals surface area (Å²) in [7, 11) is 0. The molecule has 1 saturated heterocycles. The van der Waals surface area contributed by atoms with Crippen molar-refractivity contribution in [2.24, 2.45) is 11.3 Å². The van der Waals surface area contributed by atoms with E-state index in [1.807, 2.05) is 18.2 Å². The second-order valence-electron chi connectivity index (χ2n) is 9.63. The first kappa shape index (κ1) is 22.7. The largest absolute Gasteiger partial charge is 0.338 e. The minimum Gasteiger partial charge on any atom is -0.338 e. The summed E-state index contributed by atoms with van der Waals surface area (Å²) in [5, 5.41) is 0. The van der Waals surface area contributed by atoms with Gasteiger partial charge in [-0.3, -0.25) is 4.79 Å². The van der Waals surface area contributed by atoms with E-state index in [-0.39, 0.29) is 5.41 Å². The molecule has 1 aliphatic heterocycles. The van der Waals surface area contributed by atoms with Crippen LogP contribution in [0.1, 0.15) is 65.4 Å². The molecule has 0 bridgehead atoms. The molecule has 3 heteroatoms. The molecule has 1 aromatic carbocycles. The van der Waals surface area contributed by atoms with E-state index in [1.165, 1.54) is 37.9 Å². The molecule has 2 rings (SSSR count). The van der Waals surface area contributed by atoms with Gasteiger partial charge in [-0.05, 0) is 49.2 Å². The lowest BCUT2D eigenvalue weighted by Gasteiger charge is -2.30. The number of carbonyl (C=O) groups excluding carboxylic acids is 1. The summed E-state index contributed by atoms with van der Waals surface area (Å²) in [5.74, 6) is 0.717. The van der Waals surface area contributed by atoms with Gasteiger partial charge >= 0.3 is 0 Å². The van der Waals surface area contributed by atoms with Crippen molar-refractivity contribution in [3.8, 4) is 0 Å². The fourth-order valence-electron chi connectivity index (χ4n) is 4.19. The third kappa shape index (κ3) is 9.05. The van der Waals surface area contributed by atoms with E-state index in [9.17, 15) is 4.79 Å². The third-order valence-electron chi connectivity index (χ3n) is 5.41. The Morgan fingerprint density at radius 1 is 1.14 bits per heavy atom. The van der Waals surface area contributed by atoms with E-state index >= 15 is 0 Å². The number of hydrogen-bond acceptors (Lipinski definition) is 2. The predicted octanol–water partition coefficient (Wildman–Crippen LogP) is 5.48. The molecule has 0 spiro atoms. The van der Waals surface area contributed by atoms with Crippen molar-refractivity contribution in [3.05, 3.63) is 42.0 Å². The van der Waals surface area contributed by atoms with Crippen molar-refractivity contribution in [2.45, 2.75) is 59.8 Å². The Morgan fingerprint density at radius 2 is 1.82 bits per heavy atom. The Kier molecular flexibility index (Phi) is 9.24. The van der Waals surface area contributed by atoms with Crippen molar-refractivity contribution >= 4 is 12.0 Å². The smallest absolute Gasteiger partial charge is 0.223 e. The van der Waals surface area contributed by atoms with Gasteiger partial charge in [0.05, 0.1) is 0 Å². The molecule has 0 aromatic heterocycles. The highest BCUT2D eigenvalue weighted by Gasteiger charge is 2.21. The number of rotatable bonds is 9. The Bertz CT molecular complexity index is 597. The number of carbonyl (C=O) groups is 1. The van der Waals surface area contributed by atoms with Gasteiger partial charge in [-0.2, -0.15) is 0 Å². The highest BCUT2D eigenvalue weighted by Crippen LogP contribution is 2.26. The van der Waals surface area contributed by atoms with Crippen molar-refractivity contribution in [1.29, 1.82) is 0 Å². The van der Waals surface area contributed by atoms with E-state index in [0.717, 1.165) is 19.5 Å². The number of piperidine rings is 1. The van der Waals surface area contributed by atoms with E-state index in [4.69, 9.17) is 0 Å². The molecule has 1 atom stereocenters. The normalized spacial score (nSPS) is 17.0. The molecule has 0 aliphatic carbocycles. The van der Waals surface area contributed by atoms with Gasteiger partial charge in [0.1, 0.15) is 0 Å². The first-order chi connectivity index (χ1) is 13.3. The van der Waals surface area contributed by atoms with Gasteiger partial charge in [0.15, 0.2) is 0 Å². The summed E-state index contributed by atoms with van der Waals surface area (Å²) in [6, 6.07) is 10.3. The first-order valence-corrected chi connectivity index (χ1v) is 11.1. The zero-order chi connectivity index (χ0) is 20.4. The summed E-state index contributed by atoms with van der Waals surface area (Å²) in [6.45, 7) is 13.9. The molecule has 1 unspecified atom stereocenters. The molecule has 156 valence electrons. The van der Waals surface area contributed by atoms with Gasteiger partial charge in [0.25, 0.3) is 0 Å². The Hall–Kier alpha value is -1.61. The maximum Gasteiger partial charge on any atom is 0.223 e. The molecular weight excluding hydrogens is 344 g/mol. The number of likely N-dealkylation sites (tertiary alicyclic amines) is 1. The molecule has 1 fully saturated rings. The summed E-state index contributed by atoms with van der Waals surface area (Å²) >= 11 is 0. The molecule has 1 amide bonds. The summed E-state index contributed by atoms with van der Waals surface area (Å²) in [6.07, 6.45) is 9.94. The average molecular weight is 385 g/mol. The molecule has 0 saturated carbocycles. The number of nitrogens with zero attached hydrogens (tertiary/aromatic N) is 2. The van der Waals surface area contributed by atoms with Crippen molar-refractivity contribution in [3.63, 3.8) is 0 Å². The van der Waals surface area contributed by atoms with Gasteiger partial charge in [-0.25, -0.2) is 0 Å². The van der Waals surface area contributed by atoms with E-state index in [0.29, 0.717) is 24.8 Å². The average Bonchev–Trinajstić information content (AvgIpc) is 2.64. The molecule has 28 heavy (non-hydrogen) atoms. The summed E-state index contributed by atoms with van der Waals surface area (Å²) in [4.78, 5) is 17.6. The zero-order valence-electron chi connectivity index (χ0n) is 18.5. The SMILES string of the molecule is CC(CC(=O)N(CC=Cc1ccccc1)CCN1CCCCC1)CC(C)(C)C. The quantitative estimate of drug-likeness (QED) is 0.563. The lowest BCUT2D eigenvalue weighted by atomic mass is 9.84. The minimum absolute atomic E-state index is 0.269. The van der Waals surface area contributed by atoms with Crippen LogP contribution in [0.4, 0.5) is 0 Å². The Balaban J connectivity index is 1.93. The van der Waals surface area contributed by atoms with Crippen LogP contribution < -0.4 is 0 Å². The Labute approximate surface area is 172 Å². The maximum absolute atomic E-state index is 13.0. The molecular formula is C25H40N2O. The van der Waals surface area contributed by atoms with Crippen LogP contribution in [-0.4, -0.2) is 48.4 Å². The van der Waals surface area contributed by atoms with Crippen molar-refractivity contribution in [2.75, 3.05) is 32.7 Å². The monoisotopic (exact) mass is 384 g/mol. The summed E-state index contributed by atoms with van der Waals surface area (Å²) < 4.78 is 0. The highest BCUT2D eigenvalue weighted by molar-refractivity contribution is 5.76. The second-order valence-corrected chi connectivity index (χ2v) is 9.63. The predicted molar refractivity (Wildman–Crippen MR) is 120 cm³/mol. The lowest BCUT2D eigenvalue weighted by Crippen LogP contribution is -2.41. The van der Waals surface area contributed by atoms with Crippen LogP contribution in [0.3, 0.4) is 0 Å².